The predicted molar refractivity (Wildman–Crippen MR) is 48.8 cm³/mol. The molecule has 0 radical (unpaired) electrons. The zero-order valence-corrected chi connectivity index (χ0v) is 8.03. The Hall–Kier alpha value is -0.0800. The van der Waals surface area contributed by atoms with Crippen molar-refractivity contribution in [1.82, 2.24) is 0 Å². The van der Waals surface area contributed by atoms with Crippen LogP contribution in [0.25, 0.3) is 0 Å². The second-order valence-corrected chi connectivity index (χ2v) is 4.33. The molecule has 0 spiro atoms. The van der Waals surface area contributed by atoms with E-state index in [0.29, 0.717) is 5.92 Å². The molecule has 0 saturated heterocycles. The first-order chi connectivity index (χ1) is 5.59. The summed E-state index contributed by atoms with van der Waals surface area (Å²) in [5.74, 6) is 1.05. The summed E-state index contributed by atoms with van der Waals surface area (Å²) in [6.45, 7) is 4.02. The zero-order chi connectivity index (χ0) is 9.14. The number of rotatable bonds is 2. The highest BCUT2D eigenvalue weighted by Gasteiger charge is 2.27. The van der Waals surface area contributed by atoms with Crippen molar-refractivity contribution in [1.29, 1.82) is 0 Å². The fourth-order valence-corrected chi connectivity index (χ4v) is 2.17. The van der Waals surface area contributed by atoms with Gasteiger partial charge in [-0.15, -0.1) is 0 Å². The normalized spacial score (nSPS) is 39.5. The SMILES string of the molecule is CC(O)CC1CC(C)CCC1O. The van der Waals surface area contributed by atoms with Gasteiger partial charge in [0.15, 0.2) is 0 Å². The third-order valence-corrected chi connectivity index (χ3v) is 2.85. The number of aliphatic hydroxyl groups is 2. The van der Waals surface area contributed by atoms with Gasteiger partial charge in [-0.25, -0.2) is 0 Å². The van der Waals surface area contributed by atoms with Gasteiger partial charge in [0.2, 0.25) is 0 Å². The van der Waals surface area contributed by atoms with Crippen LogP contribution in [0.3, 0.4) is 0 Å². The van der Waals surface area contributed by atoms with Crippen molar-refractivity contribution in [2.24, 2.45) is 11.8 Å². The molecule has 72 valence electrons. The van der Waals surface area contributed by atoms with Crippen LogP contribution < -0.4 is 0 Å². The van der Waals surface area contributed by atoms with Crippen LogP contribution in [0.1, 0.15) is 39.5 Å². The molecule has 12 heavy (non-hydrogen) atoms. The second-order valence-electron chi connectivity index (χ2n) is 4.33. The quantitative estimate of drug-likeness (QED) is 0.663. The van der Waals surface area contributed by atoms with Crippen molar-refractivity contribution in [3.05, 3.63) is 0 Å². The number of hydrogen-bond acceptors (Lipinski definition) is 2. The van der Waals surface area contributed by atoms with Crippen molar-refractivity contribution in [2.45, 2.75) is 51.7 Å². The first-order valence-corrected chi connectivity index (χ1v) is 4.95. The largest absolute Gasteiger partial charge is 0.393 e. The lowest BCUT2D eigenvalue weighted by atomic mass is 9.78. The lowest BCUT2D eigenvalue weighted by Crippen LogP contribution is -2.30. The van der Waals surface area contributed by atoms with Crippen LogP contribution in [-0.4, -0.2) is 22.4 Å². The first-order valence-electron chi connectivity index (χ1n) is 4.95. The maximum Gasteiger partial charge on any atom is 0.0569 e. The molecule has 0 aromatic heterocycles. The molecular formula is C10H20O2. The van der Waals surface area contributed by atoms with E-state index in [4.69, 9.17) is 0 Å². The van der Waals surface area contributed by atoms with Crippen LogP contribution in [-0.2, 0) is 0 Å². The molecule has 0 heterocycles. The van der Waals surface area contributed by atoms with Crippen molar-refractivity contribution in [2.75, 3.05) is 0 Å². The standard InChI is InChI=1S/C10H20O2/c1-7-3-4-10(12)9(5-7)6-8(2)11/h7-12H,3-6H2,1-2H3. The summed E-state index contributed by atoms with van der Waals surface area (Å²) < 4.78 is 0. The summed E-state index contributed by atoms with van der Waals surface area (Å²) in [6, 6.07) is 0. The van der Waals surface area contributed by atoms with E-state index in [1.807, 2.05) is 0 Å². The van der Waals surface area contributed by atoms with E-state index in [1.54, 1.807) is 6.92 Å². The van der Waals surface area contributed by atoms with Crippen LogP contribution in [0.5, 0.6) is 0 Å². The topological polar surface area (TPSA) is 40.5 Å². The molecular weight excluding hydrogens is 152 g/mol. The average Bonchev–Trinajstić information content (AvgIpc) is 1.96. The Morgan fingerprint density at radius 2 is 2.08 bits per heavy atom. The average molecular weight is 172 g/mol. The van der Waals surface area contributed by atoms with Gasteiger partial charge in [-0.2, -0.15) is 0 Å². The van der Waals surface area contributed by atoms with E-state index in [1.165, 1.54) is 0 Å². The minimum atomic E-state index is -0.269. The number of aliphatic hydroxyl groups excluding tert-OH is 2. The Morgan fingerprint density at radius 1 is 1.42 bits per heavy atom. The first kappa shape index (κ1) is 10.0. The Kier molecular flexibility index (Phi) is 3.53. The van der Waals surface area contributed by atoms with Crippen LogP contribution in [0.2, 0.25) is 0 Å². The fourth-order valence-electron chi connectivity index (χ4n) is 2.17. The van der Waals surface area contributed by atoms with Gasteiger partial charge >= 0.3 is 0 Å². The van der Waals surface area contributed by atoms with Gasteiger partial charge < -0.3 is 10.2 Å². The van der Waals surface area contributed by atoms with Crippen molar-refractivity contribution < 1.29 is 10.2 Å². The third kappa shape index (κ3) is 2.76. The molecule has 0 aromatic carbocycles. The highest BCUT2D eigenvalue weighted by atomic mass is 16.3. The molecule has 2 nitrogen and oxygen atoms in total. The lowest BCUT2D eigenvalue weighted by molar-refractivity contribution is 0.0236. The molecule has 1 aliphatic carbocycles. The maximum atomic E-state index is 9.62. The van der Waals surface area contributed by atoms with Gasteiger partial charge in [0.1, 0.15) is 0 Å². The fraction of sp³-hybridized carbons (Fsp3) is 1.00. The lowest BCUT2D eigenvalue weighted by Gasteiger charge is -2.32. The summed E-state index contributed by atoms with van der Waals surface area (Å²) in [7, 11) is 0. The van der Waals surface area contributed by atoms with Crippen LogP contribution in [0, 0.1) is 11.8 Å². The maximum absolute atomic E-state index is 9.62. The molecule has 1 rings (SSSR count). The molecule has 0 amide bonds. The minimum Gasteiger partial charge on any atom is -0.393 e. The molecule has 0 aliphatic heterocycles. The van der Waals surface area contributed by atoms with Gasteiger partial charge in [-0.05, 0) is 44.4 Å². The molecule has 1 fully saturated rings. The van der Waals surface area contributed by atoms with Crippen LogP contribution >= 0.6 is 0 Å². The highest BCUT2D eigenvalue weighted by Crippen LogP contribution is 2.31. The summed E-state index contributed by atoms with van der Waals surface area (Å²) in [4.78, 5) is 0. The van der Waals surface area contributed by atoms with E-state index >= 15 is 0 Å². The second kappa shape index (κ2) is 4.24. The summed E-state index contributed by atoms with van der Waals surface area (Å²) in [5.41, 5.74) is 0. The van der Waals surface area contributed by atoms with E-state index < -0.39 is 0 Å². The highest BCUT2D eigenvalue weighted by molar-refractivity contribution is 4.78. The molecule has 1 aliphatic rings. The van der Waals surface area contributed by atoms with Crippen molar-refractivity contribution >= 4 is 0 Å². The van der Waals surface area contributed by atoms with Crippen LogP contribution in [0.15, 0.2) is 0 Å². The Balaban J connectivity index is 2.38. The minimum absolute atomic E-state index is 0.171. The molecule has 0 aromatic rings. The summed E-state index contributed by atoms with van der Waals surface area (Å²) in [5, 5.41) is 18.8. The van der Waals surface area contributed by atoms with Gasteiger partial charge in [0.25, 0.3) is 0 Å². The van der Waals surface area contributed by atoms with Crippen molar-refractivity contribution in [3.63, 3.8) is 0 Å². The zero-order valence-electron chi connectivity index (χ0n) is 8.03. The van der Waals surface area contributed by atoms with Gasteiger partial charge in [0, 0.05) is 0 Å². The van der Waals surface area contributed by atoms with E-state index in [-0.39, 0.29) is 12.2 Å². The Bertz CT molecular complexity index is 132. The summed E-state index contributed by atoms with van der Waals surface area (Å²) >= 11 is 0. The summed E-state index contributed by atoms with van der Waals surface area (Å²) in [6.07, 6.45) is 3.44. The van der Waals surface area contributed by atoms with E-state index in [0.717, 1.165) is 31.6 Å². The van der Waals surface area contributed by atoms with E-state index in [2.05, 4.69) is 6.92 Å². The monoisotopic (exact) mass is 172 g/mol. The molecule has 1 saturated carbocycles. The predicted octanol–water partition coefficient (Wildman–Crippen LogP) is 1.55. The number of hydrogen-bond donors (Lipinski definition) is 2. The molecule has 0 bridgehead atoms. The van der Waals surface area contributed by atoms with Gasteiger partial charge in [0.05, 0.1) is 12.2 Å². The van der Waals surface area contributed by atoms with Crippen LogP contribution in [0.4, 0.5) is 0 Å². The third-order valence-electron chi connectivity index (χ3n) is 2.85. The Labute approximate surface area is 74.6 Å². The molecule has 2 heteroatoms. The van der Waals surface area contributed by atoms with Crippen molar-refractivity contribution in [3.8, 4) is 0 Å². The Morgan fingerprint density at radius 3 is 2.67 bits per heavy atom. The van der Waals surface area contributed by atoms with Gasteiger partial charge in [-0.3, -0.25) is 0 Å². The molecule has 4 unspecified atom stereocenters. The smallest absolute Gasteiger partial charge is 0.0569 e. The van der Waals surface area contributed by atoms with Gasteiger partial charge in [-0.1, -0.05) is 6.92 Å². The molecule has 2 N–H and O–H groups in total. The molecule has 4 atom stereocenters. The van der Waals surface area contributed by atoms with E-state index in [9.17, 15) is 10.2 Å².